The molecule has 6 N–H and O–H groups in total. The summed E-state index contributed by atoms with van der Waals surface area (Å²) in [6.45, 7) is -0.606. The van der Waals surface area contributed by atoms with Gasteiger partial charge in [0.2, 0.25) is 5.91 Å². The fraction of sp³-hybridized carbons (Fsp3) is 0.727. The van der Waals surface area contributed by atoms with Crippen LogP contribution in [0, 0.1) is 18.3 Å². The molecule has 0 bridgehead atoms. The molecule has 4 unspecified atom stereocenters. The summed E-state index contributed by atoms with van der Waals surface area (Å²) in [6.07, 6.45) is 0.0977. The third kappa shape index (κ3) is 2.21. The van der Waals surface area contributed by atoms with Crippen LogP contribution in [0.4, 0.5) is 0 Å². The van der Waals surface area contributed by atoms with E-state index in [1.54, 1.807) is 0 Å². The minimum absolute atomic E-state index is 0.0497. The Labute approximate surface area is 104 Å². The molecule has 1 aliphatic rings. The third-order valence-corrected chi connectivity index (χ3v) is 3.31. The van der Waals surface area contributed by atoms with Crippen LogP contribution in [0.5, 0.6) is 0 Å². The molecule has 1 amide bonds. The van der Waals surface area contributed by atoms with Crippen LogP contribution in [-0.4, -0.2) is 62.1 Å². The zero-order valence-corrected chi connectivity index (χ0v) is 9.65. The van der Waals surface area contributed by atoms with Gasteiger partial charge in [0.15, 0.2) is 6.29 Å². The molecule has 0 saturated heterocycles. The molecule has 7 nitrogen and oxygen atoms in total. The summed E-state index contributed by atoms with van der Waals surface area (Å²) in [5.74, 6) is 0.602. The Kier molecular flexibility index (Phi) is 4.67. The van der Waals surface area contributed by atoms with E-state index in [4.69, 9.17) is 11.5 Å². The number of aliphatic hydroxyl groups is 5. The van der Waals surface area contributed by atoms with E-state index in [1.807, 2.05) is 0 Å². The van der Waals surface area contributed by atoms with Crippen LogP contribution in [-0.2, 0) is 4.79 Å². The van der Waals surface area contributed by atoms with Gasteiger partial charge in [-0.05, 0) is 0 Å². The summed E-state index contributed by atoms with van der Waals surface area (Å²) >= 11 is 0. The number of carbonyl (C=O) groups is 1. The van der Waals surface area contributed by atoms with Gasteiger partial charge in [-0.1, -0.05) is 0 Å². The number of terminal acetylenes is 1. The van der Waals surface area contributed by atoms with Crippen molar-refractivity contribution in [3.05, 3.63) is 0 Å². The van der Waals surface area contributed by atoms with Crippen LogP contribution >= 0.6 is 0 Å². The van der Waals surface area contributed by atoms with Crippen molar-refractivity contribution in [3.63, 3.8) is 0 Å². The van der Waals surface area contributed by atoms with E-state index in [9.17, 15) is 25.2 Å². The zero-order valence-electron chi connectivity index (χ0n) is 9.65. The highest BCUT2D eigenvalue weighted by Crippen LogP contribution is 2.41. The Morgan fingerprint density at radius 2 is 2.06 bits per heavy atom. The van der Waals surface area contributed by atoms with Gasteiger partial charge in [-0.3, -0.25) is 4.79 Å². The Balaban J connectivity index is 2.83. The van der Waals surface area contributed by atoms with Gasteiger partial charge in [-0.15, -0.1) is 12.3 Å². The number of hydrogen-bond acceptors (Lipinski definition) is 6. The van der Waals surface area contributed by atoms with Crippen molar-refractivity contribution in [2.45, 2.75) is 36.9 Å². The molecular weight excluding hydrogens is 242 g/mol. The van der Waals surface area contributed by atoms with E-state index in [1.165, 1.54) is 0 Å². The van der Waals surface area contributed by atoms with Crippen molar-refractivity contribution in [3.8, 4) is 12.3 Å². The standard InChI is InChI=1S/C11H17NO6/c1-2-3-4-7(14)12-11(10(17)18)6(5-13)8(15)9(11)16/h1,6,8-10,13,15-18H,3-5H2,(H,12,14). The Morgan fingerprint density at radius 1 is 1.44 bits per heavy atom. The van der Waals surface area contributed by atoms with Gasteiger partial charge in [0.25, 0.3) is 0 Å². The van der Waals surface area contributed by atoms with Crippen LogP contribution in [0.15, 0.2) is 0 Å². The third-order valence-electron chi connectivity index (χ3n) is 3.31. The second-order valence-corrected chi connectivity index (χ2v) is 4.28. The normalized spacial score (nSPS) is 34.8. The predicted molar refractivity (Wildman–Crippen MR) is 59.8 cm³/mol. The molecule has 0 heterocycles. The molecule has 0 radical (unpaired) electrons. The van der Waals surface area contributed by atoms with Crippen LogP contribution in [0.25, 0.3) is 0 Å². The first-order chi connectivity index (χ1) is 8.41. The maximum Gasteiger partial charge on any atom is 0.221 e. The highest BCUT2D eigenvalue weighted by Gasteiger charge is 2.65. The molecule has 4 atom stereocenters. The topological polar surface area (TPSA) is 130 Å². The molecule has 1 saturated carbocycles. The summed E-state index contributed by atoms with van der Waals surface area (Å²) in [5, 5.41) is 49.0. The van der Waals surface area contributed by atoms with Crippen LogP contribution < -0.4 is 5.32 Å². The SMILES string of the molecule is C#CCCC(=O)NC1(C(O)O)C(O)C(O)C1CO. The van der Waals surface area contributed by atoms with Crippen molar-refractivity contribution >= 4 is 5.91 Å². The first-order valence-corrected chi connectivity index (χ1v) is 5.49. The van der Waals surface area contributed by atoms with Gasteiger partial charge in [0, 0.05) is 18.8 Å². The van der Waals surface area contributed by atoms with E-state index in [0.717, 1.165) is 0 Å². The number of amides is 1. The Hall–Kier alpha value is -1.17. The molecule has 1 fully saturated rings. The molecule has 1 rings (SSSR count). The van der Waals surface area contributed by atoms with Gasteiger partial charge in [-0.25, -0.2) is 0 Å². The molecule has 18 heavy (non-hydrogen) atoms. The second-order valence-electron chi connectivity index (χ2n) is 4.28. The fourth-order valence-corrected chi connectivity index (χ4v) is 2.21. The van der Waals surface area contributed by atoms with E-state index < -0.39 is 42.5 Å². The lowest BCUT2D eigenvalue weighted by Crippen LogP contribution is -2.82. The summed E-state index contributed by atoms with van der Waals surface area (Å²) < 4.78 is 0. The largest absolute Gasteiger partial charge is 0.396 e. The van der Waals surface area contributed by atoms with Gasteiger partial charge in [0.05, 0.1) is 12.7 Å². The molecule has 0 aromatic heterocycles. The number of nitrogens with one attached hydrogen (secondary N) is 1. The number of hydrogen-bond donors (Lipinski definition) is 6. The van der Waals surface area contributed by atoms with Crippen molar-refractivity contribution < 1.29 is 30.3 Å². The van der Waals surface area contributed by atoms with Crippen LogP contribution in [0.3, 0.4) is 0 Å². The monoisotopic (exact) mass is 259 g/mol. The Bertz CT molecular complexity index is 352. The lowest BCUT2D eigenvalue weighted by atomic mass is 9.61. The molecule has 7 heteroatoms. The molecule has 0 aliphatic heterocycles. The summed E-state index contributed by atoms with van der Waals surface area (Å²) in [5.41, 5.74) is -1.86. The number of carbonyl (C=O) groups excluding carboxylic acids is 1. The minimum atomic E-state index is -2.11. The van der Waals surface area contributed by atoms with E-state index in [2.05, 4.69) is 11.2 Å². The first-order valence-electron chi connectivity index (χ1n) is 5.49. The smallest absolute Gasteiger partial charge is 0.221 e. The molecule has 0 spiro atoms. The highest BCUT2D eigenvalue weighted by atomic mass is 16.5. The van der Waals surface area contributed by atoms with Gasteiger partial charge in [0.1, 0.15) is 11.6 Å². The van der Waals surface area contributed by atoms with E-state index in [-0.39, 0.29) is 12.8 Å². The van der Waals surface area contributed by atoms with Gasteiger partial charge < -0.3 is 30.8 Å². The molecule has 102 valence electrons. The number of rotatable bonds is 5. The molecule has 0 aromatic rings. The van der Waals surface area contributed by atoms with Crippen LogP contribution in [0.1, 0.15) is 12.8 Å². The quantitative estimate of drug-likeness (QED) is 0.229. The maximum atomic E-state index is 11.5. The minimum Gasteiger partial charge on any atom is -0.396 e. The van der Waals surface area contributed by atoms with Crippen molar-refractivity contribution in [2.75, 3.05) is 6.61 Å². The summed E-state index contributed by atoms with van der Waals surface area (Å²) in [6, 6.07) is 0. The molecular formula is C11H17NO6. The van der Waals surface area contributed by atoms with Crippen molar-refractivity contribution in [1.82, 2.24) is 5.32 Å². The lowest BCUT2D eigenvalue weighted by Gasteiger charge is -2.56. The van der Waals surface area contributed by atoms with E-state index >= 15 is 0 Å². The molecule has 1 aliphatic carbocycles. The fourth-order valence-electron chi connectivity index (χ4n) is 2.21. The molecule has 0 aromatic carbocycles. The summed E-state index contributed by atoms with van der Waals surface area (Å²) in [4.78, 5) is 11.5. The van der Waals surface area contributed by atoms with Crippen molar-refractivity contribution in [1.29, 1.82) is 0 Å². The maximum absolute atomic E-state index is 11.5. The lowest BCUT2D eigenvalue weighted by molar-refractivity contribution is -0.268. The second kappa shape index (κ2) is 5.65. The van der Waals surface area contributed by atoms with Crippen molar-refractivity contribution in [2.24, 2.45) is 5.92 Å². The summed E-state index contributed by atoms with van der Waals surface area (Å²) in [7, 11) is 0. The van der Waals surface area contributed by atoms with Crippen LogP contribution in [0.2, 0.25) is 0 Å². The van der Waals surface area contributed by atoms with E-state index in [0.29, 0.717) is 0 Å². The average molecular weight is 259 g/mol. The van der Waals surface area contributed by atoms with Gasteiger partial charge >= 0.3 is 0 Å². The zero-order chi connectivity index (χ0) is 13.9. The number of aliphatic hydroxyl groups excluding tert-OH is 4. The first kappa shape index (κ1) is 14.9. The highest BCUT2D eigenvalue weighted by molar-refractivity contribution is 5.77. The average Bonchev–Trinajstić information content (AvgIpc) is 2.34. The Morgan fingerprint density at radius 3 is 2.50 bits per heavy atom. The predicted octanol–water partition coefficient (Wildman–Crippen LogP) is -3.09. The van der Waals surface area contributed by atoms with Gasteiger partial charge in [-0.2, -0.15) is 0 Å².